The van der Waals surface area contributed by atoms with Crippen molar-refractivity contribution in [2.45, 2.75) is 13.8 Å². The van der Waals surface area contributed by atoms with Crippen molar-refractivity contribution < 1.29 is 18.7 Å². The van der Waals surface area contributed by atoms with Crippen LogP contribution < -0.4 is 15.0 Å². The molecule has 6 heteroatoms. The van der Waals surface area contributed by atoms with Crippen LogP contribution in [0.4, 0.5) is 15.8 Å². The maximum Gasteiger partial charge on any atom is 0.282 e. The molecule has 0 saturated carbocycles. The Balaban J connectivity index is 1.82. The number of hydrogen-bond acceptors (Lipinski definition) is 4. The number of benzene rings is 3. The Hall–Kier alpha value is -3.93. The molecule has 1 aliphatic rings. The van der Waals surface area contributed by atoms with Gasteiger partial charge in [-0.3, -0.25) is 9.59 Å². The molecule has 2 amide bonds. The third-order valence-corrected chi connectivity index (χ3v) is 4.94. The van der Waals surface area contributed by atoms with Gasteiger partial charge in [-0.05, 0) is 55.8 Å². The summed E-state index contributed by atoms with van der Waals surface area (Å²) in [4.78, 5) is 28.1. The van der Waals surface area contributed by atoms with Crippen LogP contribution in [-0.4, -0.2) is 18.4 Å². The zero-order valence-electron chi connectivity index (χ0n) is 17.2. The molecule has 0 fully saturated rings. The fourth-order valence-electron chi connectivity index (χ4n) is 3.45. The number of hydrogen-bond donors (Lipinski definition) is 1. The summed E-state index contributed by atoms with van der Waals surface area (Å²) in [5, 5.41) is 3.02. The molecule has 1 aliphatic heterocycles. The largest absolute Gasteiger partial charge is 0.492 e. The van der Waals surface area contributed by atoms with Gasteiger partial charge in [-0.2, -0.15) is 0 Å². The van der Waals surface area contributed by atoms with Crippen LogP contribution in [0.2, 0.25) is 0 Å². The van der Waals surface area contributed by atoms with Crippen LogP contribution in [0.25, 0.3) is 5.57 Å². The van der Waals surface area contributed by atoms with Crippen molar-refractivity contribution in [2.75, 3.05) is 16.8 Å². The summed E-state index contributed by atoms with van der Waals surface area (Å²) in [6.45, 7) is 4.18. The van der Waals surface area contributed by atoms with Crippen molar-refractivity contribution in [1.82, 2.24) is 0 Å². The molecule has 3 aromatic carbocycles. The minimum atomic E-state index is -0.503. The number of amides is 2. The topological polar surface area (TPSA) is 58.6 Å². The van der Waals surface area contributed by atoms with Gasteiger partial charge in [0.2, 0.25) is 0 Å². The van der Waals surface area contributed by atoms with Crippen molar-refractivity contribution in [3.63, 3.8) is 0 Å². The molecule has 5 nitrogen and oxygen atoms in total. The van der Waals surface area contributed by atoms with Gasteiger partial charge in [-0.15, -0.1) is 0 Å². The Morgan fingerprint density at radius 1 is 0.903 bits per heavy atom. The lowest BCUT2D eigenvalue weighted by Gasteiger charge is -2.19. The first-order valence-electron chi connectivity index (χ1n) is 9.94. The fourth-order valence-corrected chi connectivity index (χ4v) is 3.45. The Morgan fingerprint density at radius 2 is 1.58 bits per heavy atom. The van der Waals surface area contributed by atoms with Gasteiger partial charge in [0.05, 0.1) is 17.9 Å². The lowest BCUT2D eigenvalue weighted by atomic mass is 10.0. The SMILES string of the molecule is CCOc1ccccc1N1C(=O)C(Nc2ccc(F)cc2)=C(c2ccc(C)cc2)C1=O. The number of nitrogens with one attached hydrogen (secondary N) is 1. The summed E-state index contributed by atoms with van der Waals surface area (Å²) in [6.07, 6.45) is 0. The van der Waals surface area contributed by atoms with E-state index in [1.807, 2.05) is 26.0 Å². The van der Waals surface area contributed by atoms with E-state index < -0.39 is 11.8 Å². The van der Waals surface area contributed by atoms with Gasteiger partial charge in [0.15, 0.2) is 0 Å². The number of nitrogens with zero attached hydrogens (tertiary/aromatic N) is 1. The maximum absolute atomic E-state index is 13.5. The lowest BCUT2D eigenvalue weighted by Crippen LogP contribution is -2.32. The number of carbonyl (C=O) groups is 2. The molecule has 1 heterocycles. The summed E-state index contributed by atoms with van der Waals surface area (Å²) in [6, 6.07) is 19.9. The molecule has 0 bridgehead atoms. The van der Waals surface area contributed by atoms with E-state index in [1.54, 1.807) is 36.4 Å². The predicted octanol–water partition coefficient (Wildman–Crippen LogP) is 4.93. The fraction of sp³-hybridized carbons (Fsp3) is 0.120. The summed E-state index contributed by atoms with van der Waals surface area (Å²) in [5.41, 5.74) is 2.91. The Morgan fingerprint density at radius 3 is 2.26 bits per heavy atom. The first-order valence-corrected chi connectivity index (χ1v) is 9.94. The Bertz CT molecular complexity index is 1170. The van der Waals surface area contributed by atoms with E-state index in [-0.39, 0.29) is 17.1 Å². The molecule has 3 aromatic rings. The van der Waals surface area contributed by atoms with Gasteiger partial charge in [0.1, 0.15) is 17.3 Å². The predicted molar refractivity (Wildman–Crippen MR) is 118 cm³/mol. The van der Waals surface area contributed by atoms with Gasteiger partial charge in [0.25, 0.3) is 11.8 Å². The summed E-state index contributed by atoms with van der Waals surface area (Å²) >= 11 is 0. The second kappa shape index (κ2) is 8.44. The van der Waals surface area contributed by atoms with E-state index in [0.717, 1.165) is 10.5 Å². The molecule has 0 saturated heterocycles. The minimum absolute atomic E-state index is 0.131. The summed E-state index contributed by atoms with van der Waals surface area (Å²) in [5.74, 6) is -0.903. The first kappa shape index (κ1) is 20.3. The molecule has 31 heavy (non-hydrogen) atoms. The number of ether oxygens (including phenoxy) is 1. The van der Waals surface area contributed by atoms with E-state index in [4.69, 9.17) is 4.74 Å². The standard InChI is InChI=1S/C25H21FN2O3/c1-3-31-21-7-5-4-6-20(21)28-24(29)22(17-10-8-16(2)9-11-17)23(25(28)30)27-19-14-12-18(26)13-15-19/h4-15,27H,3H2,1-2H3. The van der Waals surface area contributed by atoms with Gasteiger partial charge >= 0.3 is 0 Å². The average Bonchev–Trinajstić information content (AvgIpc) is 3.01. The average molecular weight is 416 g/mol. The quantitative estimate of drug-likeness (QED) is 0.579. The van der Waals surface area contributed by atoms with E-state index in [0.29, 0.717) is 29.3 Å². The van der Waals surface area contributed by atoms with Gasteiger partial charge in [-0.1, -0.05) is 42.0 Å². The molecule has 0 unspecified atom stereocenters. The highest BCUT2D eigenvalue weighted by Crippen LogP contribution is 2.37. The van der Waals surface area contributed by atoms with Gasteiger partial charge in [-0.25, -0.2) is 9.29 Å². The van der Waals surface area contributed by atoms with Crippen LogP contribution in [0.3, 0.4) is 0 Å². The third kappa shape index (κ3) is 3.92. The highest BCUT2D eigenvalue weighted by Gasteiger charge is 2.41. The number of anilines is 2. The van der Waals surface area contributed by atoms with Crippen LogP contribution in [-0.2, 0) is 9.59 Å². The summed E-state index contributed by atoms with van der Waals surface area (Å²) < 4.78 is 19.0. The van der Waals surface area contributed by atoms with Crippen molar-refractivity contribution >= 4 is 28.8 Å². The number of aryl methyl sites for hydroxylation is 1. The molecule has 1 N–H and O–H groups in total. The van der Waals surface area contributed by atoms with E-state index in [9.17, 15) is 14.0 Å². The molecule has 0 atom stereocenters. The van der Waals surface area contributed by atoms with Crippen molar-refractivity contribution in [3.05, 3.63) is 95.4 Å². The smallest absolute Gasteiger partial charge is 0.282 e. The molecule has 0 spiro atoms. The summed E-state index contributed by atoms with van der Waals surface area (Å²) in [7, 11) is 0. The van der Waals surface area contributed by atoms with Crippen LogP contribution in [0.1, 0.15) is 18.1 Å². The molecule has 0 aromatic heterocycles. The van der Waals surface area contributed by atoms with Crippen molar-refractivity contribution in [2.24, 2.45) is 0 Å². The van der Waals surface area contributed by atoms with E-state index >= 15 is 0 Å². The highest BCUT2D eigenvalue weighted by molar-refractivity contribution is 6.46. The van der Waals surface area contributed by atoms with Crippen molar-refractivity contribution in [1.29, 1.82) is 0 Å². The second-order valence-corrected chi connectivity index (χ2v) is 7.09. The second-order valence-electron chi connectivity index (χ2n) is 7.09. The van der Waals surface area contributed by atoms with E-state index in [2.05, 4.69) is 5.32 Å². The number of carbonyl (C=O) groups excluding carboxylic acids is 2. The zero-order chi connectivity index (χ0) is 22.0. The molecule has 156 valence electrons. The molecular weight excluding hydrogens is 395 g/mol. The van der Waals surface area contributed by atoms with Gasteiger partial charge in [0, 0.05) is 5.69 Å². The van der Waals surface area contributed by atoms with Crippen LogP contribution >= 0.6 is 0 Å². The zero-order valence-corrected chi connectivity index (χ0v) is 17.2. The third-order valence-electron chi connectivity index (χ3n) is 4.94. The van der Waals surface area contributed by atoms with Crippen LogP contribution in [0.5, 0.6) is 5.75 Å². The van der Waals surface area contributed by atoms with Gasteiger partial charge < -0.3 is 10.1 Å². The Labute approximate surface area is 179 Å². The Kier molecular flexibility index (Phi) is 5.54. The van der Waals surface area contributed by atoms with Crippen molar-refractivity contribution in [3.8, 4) is 5.75 Å². The molecular formula is C25H21FN2O3. The van der Waals surface area contributed by atoms with E-state index in [1.165, 1.54) is 24.3 Å². The lowest BCUT2D eigenvalue weighted by molar-refractivity contribution is -0.120. The molecule has 4 rings (SSSR count). The number of halogens is 1. The highest BCUT2D eigenvalue weighted by atomic mass is 19.1. The minimum Gasteiger partial charge on any atom is -0.492 e. The normalized spacial score (nSPS) is 13.7. The number of rotatable bonds is 6. The number of imide groups is 1. The first-order chi connectivity index (χ1) is 15.0. The van der Waals surface area contributed by atoms with Crippen LogP contribution in [0, 0.1) is 12.7 Å². The monoisotopic (exact) mass is 416 g/mol. The maximum atomic E-state index is 13.5. The molecule has 0 aliphatic carbocycles. The van der Waals surface area contributed by atoms with Crippen LogP contribution in [0.15, 0.2) is 78.5 Å². The molecule has 0 radical (unpaired) electrons. The number of para-hydroxylation sites is 2.